The molecule has 21 heavy (non-hydrogen) atoms. The number of hydrogen-bond acceptors (Lipinski definition) is 3. The Kier molecular flexibility index (Phi) is 4.06. The van der Waals surface area contributed by atoms with Gasteiger partial charge in [0.05, 0.1) is 12.1 Å². The molecule has 3 rings (SSSR count). The second kappa shape index (κ2) is 5.98. The fourth-order valence-electron chi connectivity index (χ4n) is 3.39. The van der Waals surface area contributed by atoms with Gasteiger partial charge in [-0.2, -0.15) is 0 Å². The Morgan fingerprint density at radius 2 is 1.57 bits per heavy atom. The molecule has 0 radical (unpaired) electrons. The van der Waals surface area contributed by atoms with E-state index >= 15 is 0 Å². The van der Waals surface area contributed by atoms with E-state index in [1.807, 2.05) is 48.5 Å². The molecular weight excluding hydrogens is 262 g/mol. The molecule has 2 aromatic carbocycles. The van der Waals surface area contributed by atoms with Crippen molar-refractivity contribution >= 4 is 0 Å². The van der Waals surface area contributed by atoms with Crippen molar-refractivity contribution in [2.24, 2.45) is 5.92 Å². The van der Waals surface area contributed by atoms with Gasteiger partial charge in [-0.25, -0.2) is 0 Å². The van der Waals surface area contributed by atoms with Gasteiger partial charge in [0.25, 0.3) is 0 Å². The van der Waals surface area contributed by atoms with Crippen LogP contribution in [-0.2, 0) is 5.54 Å². The zero-order chi connectivity index (χ0) is 14.7. The first-order chi connectivity index (χ1) is 10.3. The van der Waals surface area contributed by atoms with Crippen molar-refractivity contribution in [3.05, 3.63) is 71.8 Å². The second-order valence-corrected chi connectivity index (χ2v) is 5.79. The standard InChI is InChI=1S/C18H21NO2/c20-12-15-11-18(13-21,16-9-5-2-6-10-16)19-17(15)14-7-3-1-4-8-14/h1-10,15,17,19-21H,11-13H2/t15-,17+,18+/m1/s1. The summed E-state index contributed by atoms with van der Waals surface area (Å²) in [4.78, 5) is 0. The van der Waals surface area contributed by atoms with E-state index in [2.05, 4.69) is 17.4 Å². The van der Waals surface area contributed by atoms with Crippen LogP contribution in [0, 0.1) is 5.92 Å². The number of aliphatic hydroxyl groups is 2. The minimum absolute atomic E-state index is 0.0246. The Balaban J connectivity index is 1.96. The van der Waals surface area contributed by atoms with Crippen LogP contribution in [0.4, 0.5) is 0 Å². The van der Waals surface area contributed by atoms with Crippen molar-refractivity contribution in [1.82, 2.24) is 5.32 Å². The van der Waals surface area contributed by atoms with Crippen molar-refractivity contribution in [1.29, 1.82) is 0 Å². The lowest BCUT2D eigenvalue weighted by Crippen LogP contribution is -2.41. The first kappa shape index (κ1) is 14.3. The predicted octanol–water partition coefficient (Wildman–Crippen LogP) is 2.22. The molecule has 1 fully saturated rings. The molecule has 1 aliphatic heterocycles. The molecule has 0 aliphatic carbocycles. The number of benzene rings is 2. The fourth-order valence-corrected chi connectivity index (χ4v) is 3.39. The molecule has 3 atom stereocenters. The molecular formula is C18H21NO2. The van der Waals surface area contributed by atoms with Gasteiger partial charge in [-0.05, 0) is 17.5 Å². The van der Waals surface area contributed by atoms with E-state index in [0.29, 0.717) is 0 Å². The van der Waals surface area contributed by atoms with Crippen molar-refractivity contribution in [2.45, 2.75) is 18.0 Å². The van der Waals surface area contributed by atoms with Crippen LogP contribution in [0.1, 0.15) is 23.6 Å². The summed E-state index contributed by atoms with van der Waals surface area (Å²) in [5.74, 6) is 0.0970. The van der Waals surface area contributed by atoms with Crippen LogP contribution >= 0.6 is 0 Å². The summed E-state index contributed by atoms with van der Waals surface area (Å²) in [6.07, 6.45) is 0.726. The first-order valence-electron chi connectivity index (χ1n) is 7.39. The fraction of sp³-hybridized carbons (Fsp3) is 0.333. The monoisotopic (exact) mass is 283 g/mol. The van der Waals surface area contributed by atoms with Crippen molar-refractivity contribution in [3.8, 4) is 0 Å². The number of aliphatic hydroxyl groups excluding tert-OH is 2. The molecule has 2 aromatic rings. The van der Waals surface area contributed by atoms with Crippen molar-refractivity contribution < 1.29 is 10.2 Å². The lowest BCUT2D eigenvalue weighted by Gasteiger charge is -2.29. The maximum absolute atomic E-state index is 10.0. The normalized spacial score (nSPS) is 28.7. The highest BCUT2D eigenvalue weighted by atomic mass is 16.3. The van der Waals surface area contributed by atoms with Gasteiger partial charge in [-0.3, -0.25) is 5.32 Å². The van der Waals surface area contributed by atoms with E-state index < -0.39 is 5.54 Å². The van der Waals surface area contributed by atoms with Crippen LogP contribution in [0.25, 0.3) is 0 Å². The van der Waals surface area contributed by atoms with Crippen molar-refractivity contribution in [2.75, 3.05) is 13.2 Å². The summed E-state index contributed by atoms with van der Waals surface area (Å²) < 4.78 is 0. The molecule has 3 heteroatoms. The lowest BCUT2D eigenvalue weighted by molar-refractivity contribution is 0.166. The Bertz CT molecular complexity index is 572. The molecule has 0 unspecified atom stereocenters. The minimum Gasteiger partial charge on any atom is -0.396 e. The third-order valence-electron chi connectivity index (χ3n) is 4.50. The first-order valence-corrected chi connectivity index (χ1v) is 7.39. The van der Waals surface area contributed by atoms with Gasteiger partial charge in [0, 0.05) is 18.6 Å². The van der Waals surface area contributed by atoms with Crippen LogP contribution in [-0.4, -0.2) is 23.4 Å². The second-order valence-electron chi connectivity index (χ2n) is 5.79. The molecule has 0 bridgehead atoms. The third kappa shape index (κ3) is 2.60. The summed E-state index contributed by atoms with van der Waals surface area (Å²) in [5.41, 5.74) is 1.75. The zero-order valence-electron chi connectivity index (χ0n) is 11.9. The molecule has 110 valence electrons. The van der Waals surface area contributed by atoms with Crippen LogP contribution in [0.15, 0.2) is 60.7 Å². The molecule has 0 aromatic heterocycles. The summed E-state index contributed by atoms with van der Waals surface area (Å²) >= 11 is 0. The third-order valence-corrected chi connectivity index (χ3v) is 4.50. The molecule has 1 heterocycles. The van der Waals surface area contributed by atoms with Gasteiger partial charge in [-0.1, -0.05) is 60.7 Å². The van der Waals surface area contributed by atoms with Gasteiger partial charge in [0.15, 0.2) is 0 Å². The summed E-state index contributed by atoms with van der Waals surface area (Å²) in [7, 11) is 0. The van der Waals surface area contributed by atoms with Crippen molar-refractivity contribution in [3.63, 3.8) is 0 Å². The van der Waals surface area contributed by atoms with Crippen LogP contribution < -0.4 is 5.32 Å². The molecule has 3 nitrogen and oxygen atoms in total. The maximum atomic E-state index is 10.0. The van der Waals surface area contributed by atoms with Gasteiger partial charge < -0.3 is 10.2 Å². The summed E-state index contributed by atoms with van der Waals surface area (Å²) in [6, 6.07) is 20.2. The van der Waals surface area contributed by atoms with E-state index in [1.54, 1.807) is 0 Å². The summed E-state index contributed by atoms with van der Waals surface area (Å²) in [6.45, 7) is 0.137. The Morgan fingerprint density at radius 1 is 0.952 bits per heavy atom. The Morgan fingerprint density at radius 3 is 2.14 bits per heavy atom. The Hall–Kier alpha value is -1.68. The van der Waals surface area contributed by atoms with Crippen LogP contribution in [0.3, 0.4) is 0 Å². The smallest absolute Gasteiger partial charge is 0.0678 e. The van der Waals surface area contributed by atoms with E-state index in [0.717, 1.165) is 17.5 Å². The lowest BCUT2D eigenvalue weighted by atomic mass is 9.85. The van der Waals surface area contributed by atoms with Gasteiger partial charge in [-0.15, -0.1) is 0 Å². The molecule has 0 saturated carbocycles. The SMILES string of the molecule is OC[C@H]1C[C@](CO)(c2ccccc2)N[C@H]1c1ccccc1. The van der Waals surface area contributed by atoms with Gasteiger partial charge >= 0.3 is 0 Å². The largest absolute Gasteiger partial charge is 0.396 e. The van der Waals surface area contributed by atoms with Gasteiger partial charge in [0.2, 0.25) is 0 Å². The highest BCUT2D eigenvalue weighted by molar-refractivity contribution is 5.30. The number of rotatable bonds is 4. The van der Waals surface area contributed by atoms with Crippen LogP contribution in [0.2, 0.25) is 0 Å². The molecule has 0 spiro atoms. The van der Waals surface area contributed by atoms with E-state index in [9.17, 15) is 10.2 Å². The number of hydrogen-bond donors (Lipinski definition) is 3. The average Bonchev–Trinajstić information content (AvgIpc) is 2.97. The molecule has 1 aliphatic rings. The maximum Gasteiger partial charge on any atom is 0.0678 e. The summed E-state index contributed by atoms with van der Waals surface area (Å²) in [5, 5.41) is 23.3. The zero-order valence-corrected chi connectivity index (χ0v) is 11.9. The highest BCUT2D eigenvalue weighted by Gasteiger charge is 2.45. The molecule has 3 N–H and O–H groups in total. The topological polar surface area (TPSA) is 52.5 Å². The highest BCUT2D eigenvalue weighted by Crippen LogP contribution is 2.43. The molecule has 1 saturated heterocycles. The van der Waals surface area contributed by atoms with Gasteiger partial charge in [0.1, 0.15) is 0 Å². The van der Waals surface area contributed by atoms with Crippen LogP contribution in [0.5, 0.6) is 0 Å². The van der Waals surface area contributed by atoms with E-state index in [4.69, 9.17) is 0 Å². The average molecular weight is 283 g/mol. The van der Waals surface area contributed by atoms with E-state index in [-0.39, 0.29) is 25.2 Å². The Labute approximate surface area is 125 Å². The predicted molar refractivity (Wildman–Crippen MR) is 82.7 cm³/mol. The quantitative estimate of drug-likeness (QED) is 0.806. The van der Waals surface area contributed by atoms with E-state index in [1.165, 1.54) is 0 Å². The molecule has 0 amide bonds. The number of nitrogens with one attached hydrogen (secondary N) is 1. The minimum atomic E-state index is -0.477.